The number of carbonyl (C=O) groups excluding carboxylic acids is 2. The molecule has 0 saturated heterocycles. The number of thiophene rings is 2. The highest BCUT2D eigenvalue weighted by molar-refractivity contribution is 7.22. The van der Waals surface area contributed by atoms with Crippen molar-refractivity contribution in [2.24, 2.45) is 0 Å². The summed E-state index contributed by atoms with van der Waals surface area (Å²) in [6, 6.07) is 14.6. The number of nitrogens with one attached hydrogen (secondary N) is 1. The molecule has 2 aromatic heterocycles. The first-order valence-electron chi connectivity index (χ1n) is 8.43. The van der Waals surface area contributed by atoms with Crippen molar-refractivity contribution in [3.63, 3.8) is 0 Å². The predicted octanol–water partition coefficient (Wildman–Crippen LogP) is 6.98. The Bertz CT molecular complexity index is 1230. The molecule has 2 heterocycles. The van der Waals surface area contributed by atoms with Crippen LogP contribution in [0, 0.1) is 0 Å². The van der Waals surface area contributed by atoms with Crippen molar-refractivity contribution in [1.29, 1.82) is 0 Å². The average molecular weight is 462 g/mol. The average Bonchev–Trinajstić information content (AvgIpc) is 3.29. The highest BCUT2D eigenvalue weighted by Gasteiger charge is 2.24. The molecular formula is C21H13Cl2NO3S2. The van der Waals surface area contributed by atoms with Gasteiger partial charge in [-0.15, -0.1) is 22.7 Å². The Morgan fingerprint density at radius 3 is 2.45 bits per heavy atom. The molecule has 0 atom stereocenters. The predicted molar refractivity (Wildman–Crippen MR) is 121 cm³/mol. The van der Waals surface area contributed by atoms with Crippen LogP contribution in [-0.4, -0.2) is 19.0 Å². The zero-order valence-corrected chi connectivity index (χ0v) is 18.1. The Morgan fingerprint density at radius 1 is 1.03 bits per heavy atom. The van der Waals surface area contributed by atoms with Crippen LogP contribution in [0.5, 0.6) is 0 Å². The van der Waals surface area contributed by atoms with Gasteiger partial charge < -0.3 is 10.1 Å². The fourth-order valence-corrected chi connectivity index (χ4v) is 5.41. The number of esters is 1. The summed E-state index contributed by atoms with van der Waals surface area (Å²) >= 11 is 14.9. The van der Waals surface area contributed by atoms with Crippen molar-refractivity contribution in [2.75, 3.05) is 12.4 Å². The van der Waals surface area contributed by atoms with Crippen LogP contribution >= 0.6 is 45.9 Å². The number of amides is 1. The van der Waals surface area contributed by atoms with E-state index in [-0.39, 0.29) is 5.91 Å². The third-order valence-corrected chi connectivity index (χ3v) is 7.13. The van der Waals surface area contributed by atoms with Gasteiger partial charge >= 0.3 is 5.97 Å². The van der Waals surface area contributed by atoms with Gasteiger partial charge in [-0.3, -0.25) is 4.79 Å². The summed E-state index contributed by atoms with van der Waals surface area (Å²) in [6.07, 6.45) is 0. The van der Waals surface area contributed by atoms with E-state index in [4.69, 9.17) is 27.9 Å². The summed E-state index contributed by atoms with van der Waals surface area (Å²) in [5.74, 6) is -0.903. The summed E-state index contributed by atoms with van der Waals surface area (Å²) in [4.78, 5) is 25.8. The lowest BCUT2D eigenvalue weighted by Crippen LogP contribution is -2.13. The van der Waals surface area contributed by atoms with Gasteiger partial charge in [0, 0.05) is 26.1 Å². The number of hydrogen-bond donors (Lipinski definition) is 1. The number of ether oxygens (including phenoxy) is 1. The van der Waals surface area contributed by atoms with Crippen LogP contribution in [-0.2, 0) is 4.74 Å². The van der Waals surface area contributed by atoms with Crippen LogP contribution in [0.25, 0.3) is 21.2 Å². The smallest absolute Gasteiger partial charge is 0.341 e. The van der Waals surface area contributed by atoms with Crippen LogP contribution in [0.3, 0.4) is 0 Å². The Labute approximate surface area is 184 Å². The monoisotopic (exact) mass is 461 g/mol. The lowest BCUT2D eigenvalue weighted by Gasteiger charge is -2.07. The van der Waals surface area contributed by atoms with Crippen LogP contribution < -0.4 is 5.32 Å². The van der Waals surface area contributed by atoms with E-state index in [2.05, 4.69) is 5.32 Å². The molecule has 0 aliphatic heterocycles. The first-order chi connectivity index (χ1) is 14.0. The van der Waals surface area contributed by atoms with Crippen molar-refractivity contribution in [2.45, 2.75) is 0 Å². The molecule has 146 valence electrons. The largest absolute Gasteiger partial charge is 0.465 e. The van der Waals surface area contributed by atoms with Gasteiger partial charge in [0.1, 0.15) is 15.4 Å². The van der Waals surface area contributed by atoms with E-state index in [0.29, 0.717) is 31.1 Å². The topological polar surface area (TPSA) is 55.4 Å². The third kappa shape index (κ3) is 3.76. The van der Waals surface area contributed by atoms with E-state index in [9.17, 15) is 9.59 Å². The second-order valence-corrected chi connectivity index (χ2v) is 8.79. The number of halogens is 2. The molecule has 0 bridgehead atoms. The van der Waals surface area contributed by atoms with E-state index < -0.39 is 5.97 Å². The zero-order chi connectivity index (χ0) is 20.5. The van der Waals surface area contributed by atoms with Gasteiger partial charge in [0.25, 0.3) is 5.91 Å². The first-order valence-corrected chi connectivity index (χ1v) is 10.9. The fourth-order valence-electron chi connectivity index (χ4n) is 2.92. The molecule has 8 heteroatoms. The summed E-state index contributed by atoms with van der Waals surface area (Å²) < 4.78 is 5.87. The lowest BCUT2D eigenvalue weighted by molar-refractivity contribution is 0.0603. The Hall–Kier alpha value is -2.38. The van der Waals surface area contributed by atoms with Gasteiger partial charge in [-0.25, -0.2) is 4.79 Å². The Balaban J connectivity index is 1.73. The molecule has 1 amide bonds. The zero-order valence-electron chi connectivity index (χ0n) is 15.0. The minimum Gasteiger partial charge on any atom is -0.465 e. The van der Waals surface area contributed by atoms with Crippen molar-refractivity contribution in [1.82, 2.24) is 0 Å². The van der Waals surface area contributed by atoms with Crippen molar-refractivity contribution >= 4 is 72.8 Å². The quantitative estimate of drug-likeness (QED) is 0.333. The van der Waals surface area contributed by atoms with Gasteiger partial charge in [-0.05, 0) is 23.8 Å². The van der Waals surface area contributed by atoms with Gasteiger partial charge in [-0.1, -0.05) is 53.5 Å². The molecule has 29 heavy (non-hydrogen) atoms. The molecule has 0 saturated carbocycles. The minimum absolute atomic E-state index is 0.297. The second-order valence-electron chi connectivity index (χ2n) is 6.05. The van der Waals surface area contributed by atoms with Crippen LogP contribution in [0.15, 0.2) is 53.9 Å². The number of carbonyl (C=O) groups is 2. The number of hydrogen-bond acceptors (Lipinski definition) is 5. The van der Waals surface area contributed by atoms with Crippen LogP contribution in [0.4, 0.5) is 5.00 Å². The Kier molecular flexibility index (Phi) is 5.61. The molecule has 4 aromatic rings. The molecular weight excluding hydrogens is 449 g/mol. The van der Waals surface area contributed by atoms with Gasteiger partial charge in [-0.2, -0.15) is 0 Å². The third-order valence-electron chi connectivity index (χ3n) is 4.30. The molecule has 0 aliphatic rings. The summed E-state index contributed by atoms with van der Waals surface area (Å²) in [5, 5.41) is 6.85. The molecule has 2 aromatic carbocycles. The first kappa shape index (κ1) is 19.9. The minimum atomic E-state index is -0.533. The molecule has 0 radical (unpaired) electrons. The van der Waals surface area contributed by atoms with Crippen LogP contribution in [0.2, 0.25) is 10.0 Å². The normalized spacial score (nSPS) is 10.9. The number of rotatable bonds is 4. The van der Waals surface area contributed by atoms with Gasteiger partial charge in [0.2, 0.25) is 0 Å². The van der Waals surface area contributed by atoms with E-state index >= 15 is 0 Å². The van der Waals surface area contributed by atoms with Crippen molar-refractivity contribution < 1.29 is 14.3 Å². The van der Waals surface area contributed by atoms with Gasteiger partial charge in [0.05, 0.1) is 12.1 Å². The molecule has 0 unspecified atom stereocenters. The maximum Gasteiger partial charge on any atom is 0.341 e. The van der Waals surface area contributed by atoms with E-state index in [1.165, 1.54) is 29.8 Å². The molecule has 1 N–H and O–H groups in total. The van der Waals surface area contributed by atoms with Gasteiger partial charge in [0.15, 0.2) is 0 Å². The number of anilines is 1. The molecule has 4 rings (SSSR count). The molecule has 0 fully saturated rings. The highest BCUT2D eigenvalue weighted by atomic mass is 35.5. The number of methoxy groups -OCH3 is 1. The molecule has 0 spiro atoms. The lowest BCUT2D eigenvalue weighted by atomic mass is 10.0. The molecule has 0 aliphatic carbocycles. The van der Waals surface area contributed by atoms with E-state index in [0.717, 1.165) is 15.6 Å². The maximum atomic E-state index is 12.9. The second kappa shape index (κ2) is 8.16. The summed E-state index contributed by atoms with van der Waals surface area (Å²) in [6.45, 7) is 0. The summed E-state index contributed by atoms with van der Waals surface area (Å²) in [5.41, 5.74) is 1.76. The number of benzene rings is 2. The SMILES string of the molecule is COC(=O)c1c(-c2ccc(Cl)cc2)csc1NC(=O)c1sc2ccccc2c1Cl. The van der Waals surface area contributed by atoms with Crippen molar-refractivity contribution in [3.8, 4) is 11.1 Å². The maximum absolute atomic E-state index is 12.9. The Morgan fingerprint density at radius 2 is 1.76 bits per heavy atom. The standard InChI is InChI=1S/C21H13Cl2NO3S2/c1-27-21(26)16-14(11-6-8-12(22)9-7-11)10-28-20(16)24-19(25)18-17(23)13-4-2-3-5-15(13)29-18/h2-10H,1H3,(H,24,25). The van der Waals surface area contributed by atoms with E-state index in [1.54, 1.807) is 17.5 Å². The number of fused-ring (bicyclic) bond motifs is 1. The summed E-state index contributed by atoms with van der Waals surface area (Å²) in [7, 11) is 1.31. The highest BCUT2D eigenvalue weighted by Crippen LogP contribution is 2.39. The fraction of sp³-hybridized carbons (Fsp3) is 0.0476. The van der Waals surface area contributed by atoms with Crippen LogP contribution in [0.1, 0.15) is 20.0 Å². The molecule has 4 nitrogen and oxygen atoms in total. The van der Waals surface area contributed by atoms with E-state index in [1.807, 2.05) is 36.4 Å². The van der Waals surface area contributed by atoms with Crippen molar-refractivity contribution in [3.05, 3.63) is 74.4 Å².